The fraction of sp³-hybridized carbons (Fsp3) is 1.00. The third kappa shape index (κ3) is 14.3. The molecule has 0 atom stereocenters. The van der Waals surface area contributed by atoms with Gasteiger partial charge in [-0.2, -0.15) is 18.2 Å². The third-order valence-electron chi connectivity index (χ3n) is 2.99. The fourth-order valence-electron chi connectivity index (χ4n) is 2.95. The van der Waals surface area contributed by atoms with Crippen molar-refractivity contribution in [3.63, 3.8) is 0 Å². The molecule has 0 saturated carbocycles. The topological polar surface area (TPSA) is 124 Å². The lowest BCUT2D eigenvalue weighted by atomic mass is 9.79. The molecule has 9 nitrogen and oxygen atoms in total. The summed E-state index contributed by atoms with van der Waals surface area (Å²) in [5.74, 6) is -0.946. The van der Waals surface area contributed by atoms with Crippen LogP contribution in [-0.2, 0) is 29.9 Å². The van der Waals surface area contributed by atoms with Crippen LogP contribution in [0.1, 0.15) is 82.1 Å². The lowest BCUT2D eigenvalue weighted by Crippen LogP contribution is -2.65. The van der Waals surface area contributed by atoms with Crippen LogP contribution in [0.4, 0.5) is 0 Å². The monoisotopic (exact) mass is 415 g/mol. The van der Waals surface area contributed by atoms with E-state index in [4.69, 9.17) is 37.1 Å². The molecule has 1 heterocycles. The predicted molar refractivity (Wildman–Crippen MR) is 101 cm³/mol. The van der Waals surface area contributed by atoms with Gasteiger partial charge in [-0.3, -0.25) is 9.11 Å². The predicted octanol–water partition coefficient (Wildman–Crippen LogP) is 3.46. The molecule has 3 N–H and O–H groups in total. The van der Waals surface area contributed by atoms with Crippen molar-refractivity contribution in [2.24, 2.45) is 0 Å². The van der Waals surface area contributed by atoms with E-state index in [9.17, 15) is 0 Å². The largest absolute Gasteiger partial charge is 0.394 e. The van der Waals surface area contributed by atoms with Crippen molar-refractivity contribution in [3.8, 4) is 0 Å². The quantitative estimate of drug-likeness (QED) is 0.274. The van der Waals surface area contributed by atoms with Gasteiger partial charge in [0.25, 0.3) is 0 Å². The van der Waals surface area contributed by atoms with Crippen LogP contribution in [0.2, 0.25) is 0 Å². The van der Waals surface area contributed by atoms with Gasteiger partial charge in [-0.15, -0.1) is 0 Å². The Labute approximate surface area is 163 Å². The van der Waals surface area contributed by atoms with Gasteiger partial charge >= 0.3 is 10.4 Å². The number of rotatable bonds is 4. The van der Waals surface area contributed by atoms with Crippen LogP contribution in [0.15, 0.2) is 0 Å². The van der Waals surface area contributed by atoms with E-state index >= 15 is 0 Å². The minimum atomic E-state index is -4.67. The first-order valence-electron chi connectivity index (χ1n) is 8.76. The molecular formula is C17H37NO8S. The lowest BCUT2D eigenvalue weighted by molar-refractivity contribution is -0.550. The van der Waals surface area contributed by atoms with Crippen LogP contribution in [0.5, 0.6) is 0 Å². The maximum Gasteiger partial charge on any atom is 0.394 e. The van der Waals surface area contributed by atoms with Crippen molar-refractivity contribution in [3.05, 3.63) is 0 Å². The van der Waals surface area contributed by atoms with E-state index in [2.05, 4.69) is 33.0 Å². The molecule has 0 unspecified atom stereocenters. The highest BCUT2D eigenvalue weighted by Crippen LogP contribution is 2.41. The van der Waals surface area contributed by atoms with E-state index in [0.29, 0.717) is 12.8 Å². The Morgan fingerprint density at radius 1 is 0.778 bits per heavy atom. The zero-order valence-electron chi connectivity index (χ0n) is 18.2. The number of piperidine rings is 1. The molecule has 0 aliphatic carbocycles. The number of hydrogen-bond acceptors (Lipinski definition) is 7. The average molecular weight is 416 g/mol. The van der Waals surface area contributed by atoms with Gasteiger partial charge in [-0.25, -0.2) is 9.78 Å². The highest BCUT2D eigenvalue weighted by molar-refractivity contribution is 7.79. The molecule has 0 aromatic heterocycles. The van der Waals surface area contributed by atoms with Crippen molar-refractivity contribution in [2.45, 2.75) is 110 Å². The SMILES string of the molecule is CC1(C)CC(OOC(C)(C)C)(OOC(C)(C)C)CC(C)(C)N1.O=S(=O)(O)O. The molecule has 1 rings (SSSR count). The van der Waals surface area contributed by atoms with Gasteiger partial charge in [0.2, 0.25) is 5.79 Å². The maximum absolute atomic E-state index is 8.74. The summed E-state index contributed by atoms with van der Waals surface area (Å²) in [4.78, 5) is 22.8. The van der Waals surface area contributed by atoms with Crippen molar-refractivity contribution in [1.82, 2.24) is 5.32 Å². The van der Waals surface area contributed by atoms with Gasteiger partial charge in [0.1, 0.15) is 0 Å². The first kappa shape index (κ1) is 26.7. The summed E-state index contributed by atoms with van der Waals surface area (Å²) in [6, 6.07) is 0. The molecule has 1 fully saturated rings. The van der Waals surface area contributed by atoms with Crippen molar-refractivity contribution >= 4 is 10.4 Å². The molecule has 0 radical (unpaired) electrons. The van der Waals surface area contributed by atoms with Gasteiger partial charge in [-0.1, -0.05) is 0 Å². The first-order valence-corrected chi connectivity index (χ1v) is 10.2. The summed E-state index contributed by atoms with van der Waals surface area (Å²) >= 11 is 0. The molecular weight excluding hydrogens is 378 g/mol. The van der Waals surface area contributed by atoms with E-state index in [0.717, 1.165) is 0 Å². The zero-order chi connectivity index (χ0) is 21.9. The Hall–Kier alpha value is -0.330. The smallest absolute Gasteiger partial charge is 0.306 e. The fourth-order valence-corrected chi connectivity index (χ4v) is 2.95. The summed E-state index contributed by atoms with van der Waals surface area (Å²) in [5.41, 5.74) is -1.16. The van der Waals surface area contributed by atoms with Crippen molar-refractivity contribution in [1.29, 1.82) is 0 Å². The van der Waals surface area contributed by atoms with Gasteiger partial charge in [-0.05, 0) is 69.2 Å². The highest BCUT2D eigenvalue weighted by Gasteiger charge is 2.52. The summed E-state index contributed by atoms with van der Waals surface area (Å²) in [7, 11) is -4.67. The van der Waals surface area contributed by atoms with Gasteiger partial charge in [0.05, 0.1) is 11.2 Å². The second-order valence-corrected chi connectivity index (χ2v) is 11.1. The van der Waals surface area contributed by atoms with Crippen LogP contribution in [-0.4, -0.2) is 45.6 Å². The van der Waals surface area contributed by atoms with Gasteiger partial charge in [0, 0.05) is 23.9 Å². The highest BCUT2D eigenvalue weighted by atomic mass is 32.3. The second kappa shape index (κ2) is 8.58. The Balaban J connectivity index is 0.00000119. The van der Waals surface area contributed by atoms with Gasteiger partial charge < -0.3 is 5.32 Å². The first-order chi connectivity index (χ1) is 11.5. The van der Waals surface area contributed by atoms with Crippen molar-refractivity contribution < 1.29 is 37.1 Å². The third-order valence-corrected chi connectivity index (χ3v) is 2.99. The second-order valence-electron chi connectivity index (χ2n) is 10.2. The average Bonchev–Trinajstić information content (AvgIpc) is 2.26. The summed E-state index contributed by atoms with van der Waals surface area (Å²) < 4.78 is 31.6. The van der Waals surface area contributed by atoms with E-state index in [1.165, 1.54) is 0 Å². The molecule has 27 heavy (non-hydrogen) atoms. The van der Waals surface area contributed by atoms with E-state index in [1.54, 1.807) is 0 Å². The van der Waals surface area contributed by atoms with E-state index in [-0.39, 0.29) is 11.1 Å². The van der Waals surface area contributed by atoms with Crippen LogP contribution in [0.25, 0.3) is 0 Å². The molecule has 0 spiro atoms. The molecule has 1 aliphatic heterocycles. The summed E-state index contributed by atoms with van der Waals surface area (Å²) in [6.07, 6.45) is 1.24. The molecule has 0 amide bonds. The number of nitrogens with one attached hydrogen (secondary N) is 1. The molecule has 164 valence electrons. The molecule has 0 aromatic carbocycles. The van der Waals surface area contributed by atoms with Crippen LogP contribution in [0, 0.1) is 0 Å². The lowest BCUT2D eigenvalue weighted by Gasteiger charge is -2.51. The Morgan fingerprint density at radius 3 is 1.26 bits per heavy atom. The maximum atomic E-state index is 8.74. The number of hydrogen-bond donors (Lipinski definition) is 3. The van der Waals surface area contributed by atoms with Crippen LogP contribution >= 0.6 is 0 Å². The van der Waals surface area contributed by atoms with E-state index < -0.39 is 27.4 Å². The minimum Gasteiger partial charge on any atom is -0.306 e. The molecule has 1 saturated heterocycles. The Bertz CT molecular complexity index is 529. The van der Waals surface area contributed by atoms with Crippen molar-refractivity contribution in [2.75, 3.05) is 0 Å². The Morgan fingerprint density at radius 2 is 1.04 bits per heavy atom. The summed E-state index contributed by atoms with van der Waals surface area (Å²) in [6.45, 7) is 20.2. The molecule has 0 bridgehead atoms. The Kier molecular flexibility index (Phi) is 8.48. The standard InChI is InChI=1S/C17H35NO4.H2O4S/c1-13(2,3)19-21-17(22-20-14(4,5)6)11-15(7,8)18-16(9,10)12-17;1-5(2,3)4/h18H,11-12H2,1-10H3;(H2,1,2,3,4). The minimum absolute atomic E-state index is 0.162. The van der Waals surface area contributed by atoms with Gasteiger partial charge in [0.15, 0.2) is 0 Å². The van der Waals surface area contributed by atoms with E-state index in [1.807, 2.05) is 41.5 Å². The molecule has 10 heteroatoms. The molecule has 1 aliphatic rings. The normalized spacial score (nSPS) is 21.9. The summed E-state index contributed by atoms with van der Waals surface area (Å²) in [5, 5.41) is 3.61. The molecule has 0 aromatic rings. The van der Waals surface area contributed by atoms with Crippen LogP contribution in [0.3, 0.4) is 0 Å². The van der Waals surface area contributed by atoms with Crippen LogP contribution < -0.4 is 5.32 Å². The zero-order valence-corrected chi connectivity index (χ0v) is 19.0.